The number of anilines is 1. The van der Waals surface area contributed by atoms with Gasteiger partial charge in [-0.2, -0.15) is 0 Å². The normalized spacial score (nSPS) is 25.4. The molecule has 0 bridgehead atoms. The number of nitrogens with one attached hydrogen (secondary N) is 1. The molecule has 2 amide bonds. The number of carbonyl (C=O) groups excluding carboxylic acids is 2. The quantitative estimate of drug-likeness (QED) is 0.776. The molecule has 0 unspecified atom stereocenters. The summed E-state index contributed by atoms with van der Waals surface area (Å²) in [4.78, 5) is 28.1. The van der Waals surface area contributed by atoms with E-state index in [1.165, 1.54) is 15.4 Å². The maximum absolute atomic E-state index is 13.0. The van der Waals surface area contributed by atoms with Gasteiger partial charge in [0, 0.05) is 10.0 Å². The Hall–Kier alpha value is -1.88. The lowest BCUT2D eigenvalue weighted by molar-refractivity contribution is -0.920. The van der Waals surface area contributed by atoms with Crippen molar-refractivity contribution in [2.24, 2.45) is 5.92 Å². The Labute approximate surface area is 175 Å². The van der Waals surface area contributed by atoms with Gasteiger partial charge in [-0.05, 0) is 48.9 Å². The molecule has 146 valence electrons. The third-order valence-corrected chi connectivity index (χ3v) is 6.30. The number of piperidine rings is 1. The van der Waals surface area contributed by atoms with E-state index in [1.54, 1.807) is 18.2 Å². The van der Waals surface area contributed by atoms with Crippen LogP contribution in [0.3, 0.4) is 0 Å². The minimum Gasteiger partial charge on any atom is -0.324 e. The van der Waals surface area contributed by atoms with Gasteiger partial charge in [-0.3, -0.25) is 9.59 Å². The molecule has 2 aliphatic rings. The van der Waals surface area contributed by atoms with Crippen LogP contribution in [0, 0.1) is 5.92 Å². The second-order valence-corrected chi connectivity index (χ2v) is 8.62. The second-order valence-electron chi connectivity index (χ2n) is 7.74. The number of likely N-dealkylation sites (tertiary alicyclic amines) is 1. The van der Waals surface area contributed by atoms with E-state index in [9.17, 15) is 9.59 Å². The van der Waals surface area contributed by atoms with E-state index >= 15 is 0 Å². The molecule has 0 saturated carbocycles. The number of carbonyl (C=O) groups is 2. The molecule has 2 heterocycles. The van der Waals surface area contributed by atoms with Crippen LogP contribution in [0.1, 0.15) is 24.8 Å². The van der Waals surface area contributed by atoms with Crippen molar-refractivity contribution < 1.29 is 14.5 Å². The third-order valence-electron chi connectivity index (χ3n) is 5.86. The molecule has 2 fully saturated rings. The van der Waals surface area contributed by atoms with Crippen LogP contribution in [0.2, 0.25) is 10.0 Å². The first kappa shape index (κ1) is 19.4. The number of halogens is 2. The number of nitrogens with zero attached hydrogens (tertiary/aromatic N) is 1. The third kappa shape index (κ3) is 4.09. The van der Waals surface area contributed by atoms with E-state index in [1.807, 2.05) is 6.07 Å². The summed E-state index contributed by atoms with van der Waals surface area (Å²) in [6.07, 6.45) is 3.48. The molecule has 0 aromatic heterocycles. The van der Waals surface area contributed by atoms with Crippen LogP contribution in [-0.4, -0.2) is 30.9 Å². The van der Waals surface area contributed by atoms with Crippen molar-refractivity contribution in [2.45, 2.75) is 31.7 Å². The highest BCUT2D eigenvalue weighted by Gasteiger charge is 2.46. The summed E-state index contributed by atoms with van der Waals surface area (Å²) < 4.78 is 0. The zero-order valence-electron chi connectivity index (χ0n) is 15.5. The zero-order chi connectivity index (χ0) is 19.7. The maximum atomic E-state index is 13.0. The fraction of sp³-hybridized carbons (Fsp3) is 0.364. The molecule has 6 heteroatoms. The van der Waals surface area contributed by atoms with Gasteiger partial charge in [0.2, 0.25) is 5.91 Å². The molecule has 28 heavy (non-hydrogen) atoms. The Morgan fingerprint density at radius 1 is 0.964 bits per heavy atom. The number of imide groups is 1. The predicted molar refractivity (Wildman–Crippen MR) is 111 cm³/mol. The molecule has 2 aromatic rings. The van der Waals surface area contributed by atoms with Crippen LogP contribution in [0.5, 0.6) is 0 Å². The molecule has 0 spiro atoms. The Morgan fingerprint density at radius 2 is 1.61 bits per heavy atom. The van der Waals surface area contributed by atoms with Gasteiger partial charge in [0.05, 0.1) is 25.2 Å². The standard InChI is InChI=1S/C22H22Cl2N2O2/c23-17-11-18(24)13-19(12-17)26-21(27)14-20(22(26)28)25-8-6-16(7-9-25)10-15-4-2-1-3-5-15/h1-5,11-13,16,20H,6-10,14H2/p+1/t20-/m1/s1. The largest absolute Gasteiger partial charge is 0.324 e. The Morgan fingerprint density at radius 3 is 2.25 bits per heavy atom. The topological polar surface area (TPSA) is 41.8 Å². The molecule has 1 atom stereocenters. The fourth-order valence-corrected chi connectivity index (χ4v) is 4.95. The summed E-state index contributed by atoms with van der Waals surface area (Å²) in [7, 11) is 0. The van der Waals surface area contributed by atoms with Gasteiger partial charge in [0.1, 0.15) is 0 Å². The summed E-state index contributed by atoms with van der Waals surface area (Å²) in [6.45, 7) is 1.84. The van der Waals surface area contributed by atoms with E-state index in [4.69, 9.17) is 23.2 Å². The Kier molecular flexibility index (Phi) is 5.72. The SMILES string of the molecule is O=C1C[C@@H]([NH+]2CCC(Cc3ccccc3)CC2)C(=O)N1c1cc(Cl)cc(Cl)c1. The van der Waals surface area contributed by atoms with Crippen molar-refractivity contribution in [3.05, 3.63) is 64.1 Å². The summed E-state index contributed by atoms with van der Waals surface area (Å²) in [5, 5.41) is 0.834. The van der Waals surface area contributed by atoms with Gasteiger partial charge >= 0.3 is 0 Å². The van der Waals surface area contributed by atoms with E-state index in [0.29, 0.717) is 21.7 Å². The van der Waals surface area contributed by atoms with Crippen LogP contribution in [0.15, 0.2) is 48.5 Å². The average molecular weight is 418 g/mol. The molecular weight excluding hydrogens is 395 g/mol. The Bertz CT molecular complexity index is 859. The van der Waals surface area contributed by atoms with E-state index < -0.39 is 0 Å². The van der Waals surface area contributed by atoms with Crippen molar-refractivity contribution >= 4 is 40.7 Å². The molecule has 2 aromatic carbocycles. The van der Waals surface area contributed by atoms with E-state index in [-0.39, 0.29) is 24.3 Å². The predicted octanol–water partition coefficient (Wildman–Crippen LogP) is 3.16. The molecule has 2 aliphatic heterocycles. The summed E-state index contributed by atoms with van der Waals surface area (Å²) in [5.41, 5.74) is 1.83. The van der Waals surface area contributed by atoms with Crippen LogP contribution < -0.4 is 9.80 Å². The van der Waals surface area contributed by atoms with Crippen molar-refractivity contribution in [1.29, 1.82) is 0 Å². The Balaban J connectivity index is 1.40. The van der Waals surface area contributed by atoms with Crippen molar-refractivity contribution in [1.82, 2.24) is 0 Å². The van der Waals surface area contributed by atoms with Crippen LogP contribution in [0.25, 0.3) is 0 Å². The lowest BCUT2D eigenvalue weighted by atomic mass is 9.89. The van der Waals surface area contributed by atoms with Crippen LogP contribution in [-0.2, 0) is 16.0 Å². The van der Waals surface area contributed by atoms with Gasteiger partial charge in [-0.1, -0.05) is 53.5 Å². The minimum absolute atomic E-state index is 0.139. The number of benzene rings is 2. The minimum atomic E-state index is -0.303. The van der Waals surface area contributed by atoms with Gasteiger partial charge in [-0.25, -0.2) is 4.90 Å². The summed E-state index contributed by atoms with van der Waals surface area (Å²) in [6, 6.07) is 15.1. The van der Waals surface area contributed by atoms with Crippen molar-refractivity contribution in [3.8, 4) is 0 Å². The van der Waals surface area contributed by atoms with Gasteiger partial charge < -0.3 is 4.90 Å². The summed E-state index contributed by atoms with van der Waals surface area (Å²) >= 11 is 12.1. The highest BCUT2D eigenvalue weighted by molar-refractivity contribution is 6.35. The smallest absolute Gasteiger partial charge is 0.292 e. The first-order valence-electron chi connectivity index (χ1n) is 9.72. The lowest BCUT2D eigenvalue weighted by Gasteiger charge is -2.32. The molecule has 2 saturated heterocycles. The van der Waals surface area contributed by atoms with E-state index in [0.717, 1.165) is 32.4 Å². The van der Waals surface area contributed by atoms with Gasteiger partial charge in [0.15, 0.2) is 6.04 Å². The first-order chi connectivity index (χ1) is 13.5. The van der Waals surface area contributed by atoms with Crippen molar-refractivity contribution in [2.75, 3.05) is 18.0 Å². The molecule has 4 rings (SSSR count). The monoisotopic (exact) mass is 417 g/mol. The molecule has 4 nitrogen and oxygen atoms in total. The molecule has 0 radical (unpaired) electrons. The molecular formula is C22H23Cl2N2O2+. The van der Waals surface area contributed by atoms with Crippen LogP contribution >= 0.6 is 23.2 Å². The molecule has 1 N–H and O–H groups in total. The highest BCUT2D eigenvalue weighted by Crippen LogP contribution is 2.29. The number of rotatable bonds is 4. The maximum Gasteiger partial charge on any atom is 0.292 e. The number of quaternary nitrogens is 1. The number of amides is 2. The average Bonchev–Trinajstić information content (AvgIpc) is 2.97. The van der Waals surface area contributed by atoms with Gasteiger partial charge in [0.25, 0.3) is 5.91 Å². The second kappa shape index (κ2) is 8.24. The van der Waals surface area contributed by atoms with Crippen LogP contribution in [0.4, 0.5) is 5.69 Å². The number of hydrogen-bond donors (Lipinski definition) is 1. The number of hydrogen-bond acceptors (Lipinski definition) is 2. The zero-order valence-corrected chi connectivity index (χ0v) is 17.0. The fourth-order valence-electron chi connectivity index (χ4n) is 4.44. The van der Waals surface area contributed by atoms with Crippen molar-refractivity contribution in [3.63, 3.8) is 0 Å². The van der Waals surface area contributed by atoms with Gasteiger partial charge in [-0.15, -0.1) is 0 Å². The lowest BCUT2D eigenvalue weighted by Crippen LogP contribution is -3.17. The summed E-state index contributed by atoms with van der Waals surface area (Å²) in [5.74, 6) is 0.327. The van der Waals surface area contributed by atoms with E-state index in [2.05, 4.69) is 24.3 Å². The molecule has 0 aliphatic carbocycles. The first-order valence-corrected chi connectivity index (χ1v) is 10.5. The highest BCUT2D eigenvalue weighted by atomic mass is 35.5.